The number of aromatic nitrogens is 1. The first-order chi connectivity index (χ1) is 11.7. The van der Waals surface area contributed by atoms with Crippen LogP contribution in [0.2, 0.25) is 0 Å². The summed E-state index contributed by atoms with van der Waals surface area (Å²) in [4.78, 5) is 21.4. The van der Waals surface area contributed by atoms with Crippen molar-refractivity contribution in [3.8, 4) is 11.3 Å². The summed E-state index contributed by atoms with van der Waals surface area (Å²) in [5.74, 6) is 0.0800. The number of likely N-dealkylation sites (N-methyl/N-ethyl adjacent to an activating group) is 1. The van der Waals surface area contributed by atoms with Crippen molar-refractivity contribution in [1.29, 1.82) is 0 Å². The number of carbonyl (C=O) groups excluding carboxylic acids is 1. The first kappa shape index (κ1) is 17.1. The lowest BCUT2D eigenvalue weighted by atomic mass is 10.2. The van der Waals surface area contributed by atoms with E-state index in [1.807, 2.05) is 35.7 Å². The molecule has 1 aliphatic rings. The number of benzene rings is 1. The van der Waals surface area contributed by atoms with Crippen molar-refractivity contribution in [3.05, 3.63) is 40.7 Å². The van der Waals surface area contributed by atoms with E-state index in [2.05, 4.69) is 27.0 Å². The molecule has 0 atom stereocenters. The summed E-state index contributed by atoms with van der Waals surface area (Å²) in [5, 5.41) is 5.97. The fourth-order valence-electron chi connectivity index (χ4n) is 2.83. The maximum Gasteiger partial charge on any atom is 0.234 e. The van der Waals surface area contributed by atoms with Crippen LogP contribution in [0.4, 0.5) is 0 Å². The van der Waals surface area contributed by atoms with Crippen molar-refractivity contribution in [3.63, 3.8) is 0 Å². The van der Waals surface area contributed by atoms with Crippen LogP contribution in [0.15, 0.2) is 35.7 Å². The van der Waals surface area contributed by atoms with Crippen LogP contribution in [-0.2, 0) is 11.3 Å². The van der Waals surface area contributed by atoms with E-state index < -0.39 is 0 Å². The maximum atomic E-state index is 12.1. The van der Waals surface area contributed by atoms with E-state index in [0.29, 0.717) is 13.1 Å². The molecule has 0 aliphatic carbocycles. The number of hydrogen-bond acceptors (Lipinski definition) is 5. The molecule has 1 N–H and O–H groups in total. The molecule has 0 unspecified atom stereocenters. The molecule has 2 aromatic rings. The molecule has 1 amide bonds. The summed E-state index contributed by atoms with van der Waals surface area (Å²) in [6.45, 7) is 8.30. The standard InChI is InChI=1S/C18H24N4OS/c1-2-21-8-10-22(11-9-21)13-17(23)19-12-18-20-16(14-24-18)15-6-4-3-5-7-15/h3-7,14H,2,8-13H2,1H3,(H,19,23). The van der Waals surface area contributed by atoms with E-state index in [9.17, 15) is 4.79 Å². The Bertz CT molecular complexity index is 650. The van der Waals surface area contributed by atoms with Gasteiger partial charge in [-0.1, -0.05) is 37.3 Å². The summed E-state index contributed by atoms with van der Waals surface area (Å²) in [6.07, 6.45) is 0. The predicted octanol–water partition coefficient (Wildman–Crippen LogP) is 2.06. The average molecular weight is 344 g/mol. The second-order valence-corrected chi connectivity index (χ2v) is 6.92. The predicted molar refractivity (Wildman–Crippen MR) is 98.0 cm³/mol. The molecular formula is C18H24N4OS. The number of nitrogens with one attached hydrogen (secondary N) is 1. The topological polar surface area (TPSA) is 48.5 Å². The monoisotopic (exact) mass is 344 g/mol. The minimum atomic E-state index is 0.0800. The van der Waals surface area contributed by atoms with E-state index in [-0.39, 0.29) is 5.91 Å². The van der Waals surface area contributed by atoms with Gasteiger partial charge < -0.3 is 10.2 Å². The number of piperazine rings is 1. The van der Waals surface area contributed by atoms with E-state index in [1.165, 1.54) is 0 Å². The summed E-state index contributed by atoms with van der Waals surface area (Å²) in [6, 6.07) is 10.1. The second kappa shape index (κ2) is 8.37. The highest BCUT2D eigenvalue weighted by atomic mass is 32.1. The van der Waals surface area contributed by atoms with Gasteiger partial charge in [-0.3, -0.25) is 9.69 Å². The van der Waals surface area contributed by atoms with Crippen LogP contribution in [-0.4, -0.2) is 60.0 Å². The third kappa shape index (κ3) is 4.63. The van der Waals surface area contributed by atoms with Crippen LogP contribution in [0.3, 0.4) is 0 Å². The minimum Gasteiger partial charge on any atom is -0.348 e. The van der Waals surface area contributed by atoms with Gasteiger partial charge in [0.25, 0.3) is 0 Å². The van der Waals surface area contributed by atoms with Gasteiger partial charge in [0.1, 0.15) is 5.01 Å². The third-order valence-corrected chi connectivity index (χ3v) is 5.19. The van der Waals surface area contributed by atoms with E-state index >= 15 is 0 Å². The zero-order valence-electron chi connectivity index (χ0n) is 14.1. The molecule has 0 radical (unpaired) electrons. The molecule has 1 fully saturated rings. The largest absolute Gasteiger partial charge is 0.348 e. The molecule has 0 bridgehead atoms. The molecule has 5 nitrogen and oxygen atoms in total. The van der Waals surface area contributed by atoms with Crippen molar-refractivity contribution < 1.29 is 4.79 Å². The molecule has 1 aromatic heterocycles. The molecule has 24 heavy (non-hydrogen) atoms. The smallest absolute Gasteiger partial charge is 0.234 e. The third-order valence-electron chi connectivity index (χ3n) is 4.34. The van der Waals surface area contributed by atoms with Crippen molar-refractivity contribution >= 4 is 17.2 Å². The Hall–Kier alpha value is -1.76. The number of hydrogen-bond donors (Lipinski definition) is 1. The molecule has 1 aliphatic heterocycles. The van der Waals surface area contributed by atoms with Gasteiger partial charge in [-0.05, 0) is 6.54 Å². The molecule has 6 heteroatoms. The Labute approximate surface area is 147 Å². The quantitative estimate of drug-likeness (QED) is 0.871. The molecule has 0 spiro atoms. The van der Waals surface area contributed by atoms with Gasteiger partial charge in [-0.2, -0.15) is 0 Å². The lowest BCUT2D eigenvalue weighted by Crippen LogP contribution is -2.49. The van der Waals surface area contributed by atoms with Gasteiger partial charge in [-0.15, -0.1) is 11.3 Å². The highest BCUT2D eigenvalue weighted by Crippen LogP contribution is 2.21. The van der Waals surface area contributed by atoms with Crippen molar-refractivity contribution in [2.75, 3.05) is 39.3 Å². The van der Waals surface area contributed by atoms with Gasteiger partial charge >= 0.3 is 0 Å². The van der Waals surface area contributed by atoms with Crippen LogP contribution in [0.5, 0.6) is 0 Å². The van der Waals surface area contributed by atoms with E-state index in [1.54, 1.807) is 11.3 Å². The lowest BCUT2D eigenvalue weighted by Gasteiger charge is -2.33. The van der Waals surface area contributed by atoms with Crippen LogP contribution >= 0.6 is 11.3 Å². The molecule has 0 saturated carbocycles. The average Bonchev–Trinajstić information content (AvgIpc) is 3.10. The zero-order chi connectivity index (χ0) is 16.8. The Kier molecular flexibility index (Phi) is 5.96. The fraction of sp³-hybridized carbons (Fsp3) is 0.444. The van der Waals surface area contributed by atoms with Crippen molar-refractivity contribution in [2.24, 2.45) is 0 Å². The van der Waals surface area contributed by atoms with Crippen molar-refractivity contribution in [2.45, 2.75) is 13.5 Å². The lowest BCUT2D eigenvalue weighted by molar-refractivity contribution is -0.122. The summed E-state index contributed by atoms with van der Waals surface area (Å²) >= 11 is 1.59. The molecule has 1 saturated heterocycles. The summed E-state index contributed by atoms with van der Waals surface area (Å²) in [5.41, 5.74) is 2.08. The zero-order valence-corrected chi connectivity index (χ0v) is 14.9. The minimum absolute atomic E-state index is 0.0800. The highest BCUT2D eigenvalue weighted by molar-refractivity contribution is 7.09. The Morgan fingerprint density at radius 1 is 1.17 bits per heavy atom. The number of carbonyl (C=O) groups is 1. The van der Waals surface area contributed by atoms with Crippen LogP contribution in [0.1, 0.15) is 11.9 Å². The fourth-order valence-corrected chi connectivity index (χ4v) is 3.57. The van der Waals surface area contributed by atoms with Crippen LogP contribution in [0.25, 0.3) is 11.3 Å². The Balaban J connectivity index is 1.44. The van der Waals surface area contributed by atoms with Gasteiger partial charge in [-0.25, -0.2) is 4.98 Å². The Morgan fingerprint density at radius 3 is 2.58 bits per heavy atom. The number of nitrogens with zero attached hydrogens (tertiary/aromatic N) is 3. The Morgan fingerprint density at radius 2 is 1.88 bits per heavy atom. The SMILES string of the molecule is CCN1CCN(CC(=O)NCc2nc(-c3ccccc3)cs2)CC1. The van der Waals surface area contributed by atoms with E-state index in [0.717, 1.165) is 49.0 Å². The second-order valence-electron chi connectivity index (χ2n) is 5.98. The molecule has 2 heterocycles. The molecule has 128 valence electrons. The summed E-state index contributed by atoms with van der Waals surface area (Å²) in [7, 11) is 0. The molecule has 1 aromatic carbocycles. The maximum absolute atomic E-state index is 12.1. The highest BCUT2D eigenvalue weighted by Gasteiger charge is 2.17. The van der Waals surface area contributed by atoms with Gasteiger partial charge in [0.15, 0.2) is 0 Å². The van der Waals surface area contributed by atoms with Crippen LogP contribution in [0, 0.1) is 0 Å². The first-order valence-electron chi connectivity index (χ1n) is 8.46. The number of rotatable bonds is 6. The van der Waals surface area contributed by atoms with Gasteiger partial charge in [0.05, 0.1) is 18.8 Å². The molecule has 3 rings (SSSR count). The van der Waals surface area contributed by atoms with Gasteiger partial charge in [0.2, 0.25) is 5.91 Å². The number of thiazole rings is 1. The summed E-state index contributed by atoms with van der Waals surface area (Å²) < 4.78 is 0. The number of amides is 1. The van der Waals surface area contributed by atoms with E-state index in [4.69, 9.17) is 0 Å². The van der Waals surface area contributed by atoms with Crippen LogP contribution < -0.4 is 5.32 Å². The molecular weight excluding hydrogens is 320 g/mol. The van der Waals surface area contributed by atoms with Crippen molar-refractivity contribution in [1.82, 2.24) is 20.1 Å². The first-order valence-corrected chi connectivity index (χ1v) is 9.34. The normalized spacial score (nSPS) is 16.2. The van der Waals surface area contributed by atoms with Gasteiger partial charge in [0, 0.05) is 37.1 Å².